The molecular formula is C15H26IN3O. The number of halogens is 1. The van der Waals surface area contributed by atoms with E-state index in [1.165, 1.54) is 19.3 Å². The highest BCUT2D eigenvalue weighted by molar-refractivity contribution is 14.0. The monoisotopic (exact) mass is 391 g/mol. The second kappa shape index (κ2) is 5.00. The van der Waals surface area contributed by atoms with Gasteiger partial charge in [-0.05, 0) is 24.7 Å². The van der Waals surface area contributed by atoms with Gasteiger partial charge in [-0.2, -0.15) is 0 Å². The van der Waals surface area contributed by atoms with Crippen LogP contribution in [0.15, 0.2) is 4.99 Å². The van der Waals surface area contributed by atoms with Crippen molar-refractivity contribution in [1.29, 1.82) is 0 Å². The van der Waals surface area contributed by atoms with E-state index in [1.807, 2.05) is 7.05 Å². The lowest BCUT2D eigenvalue weighted by Gasteiger charge is -2.24. The number of nitrogens with zero attached hydrogens (tertiary/aromatic N) is 2. The minimum absolute atomic E-state index is 0. The van der Waals surface area contributed by atoms with Gasteiger partial charge in [-0.15, -0.1) is 24.0 Å². The van der Waals surface area contributed by atoms with Crippen LogP contribution in [0.2, 0.25) is 0 Å². The highest BCUT2D eigenvalue weighted by Gasteiger charge is 2.54. The van der Waals surface area contributed by atoms with Crippen molar-refractivity contribution in [2.45, 2.75) is 51.4 Å². The van der Waals surface area contributed by atoms with Crippen LogP contribution in [-0.2, 0) is 4.74 Å². The third-order valence-corrected chi connectivity index (χ3v) is 5.78. The lowest BCUT2D eigenvalue weighted by Crippen LogP contribution is -2.43. The predicted octanol–water partition coefficient (Wildman–Crippen LogP) is 2.09. The SMILES string of the molecule is CN=C(NC1CC1(C)C)N1CC2C3CCC(O3)C2C1.I. The summed E-state index contributed by atoms with van der Waals surface area (Å²) in [5.74, 6) is 2.62. The Morgan fingerprint density at radius 1 is 1.20 bits per heavy atom. The van der Waals surface area contributed by atoms with Gasteiger partial charge in [0.2, 0.25) is 0 Å². The Bertz CT molecular complexity index is 407. The summed E-state index contributed by atoms with van der Waals surface area (Å²) in [5.41, 5.74) is 0.452. The van der Waals surface area contributed by atoms with Crippen molar-refractivity contribution in [3.05, 3.63) is 0 Å². The lowest BCUT2D eigenvalue weighted by atomic mass is 9.82. The molecule has 20 heavy (non-hydrogen) atoms. The summed E-state index contributed by atoms with van der Waals surface area (Å²) in [5, 5.41) is 3.65. The average Bonchev–Trinajstić information content (AvgIpc) is 2.87. The number of fused-ring (bicyclic) bond motifs is 5. The zero-order valence-electron chi connectivity index (χ0n) is 12.6. The van der Waals surface area contributed by atoms with E-state index >= 15 is 0 Å². The van der Waals surface area contributed by atoms with Crippen LogP contribution in [0, 0.1) is 17.3 Å². The number of aliphatic imine (C=N–C) groups is 1. The lowest BCUT2D eigenvalue weighted by molar-refractivity contribution is 0.0767. The van der Waals surface area contributed by atoms with Crippen LogP contribution >= 0.6 is 24.0 Å². The van der Waals surface area contributed by atoms with Crippen molar-refractivity contribution < 1.29 is 4.74 Å². The first-order chi connectivity index (χ1) is 9.08. The standard InChI is InChI=1S/C15H25N3O.HI/c1-15(2)6-13(15)17-14(16-3)18-7-9-10(8-18)12-5-4-11(9)19-12;/h9-13H,4-8H2,1-3H3,(H,16,17);1H. The maximum Gasteiger partial charge on any atom is 0.193 e. The first-order valence-corrected chi connectivity index (χ1v) is 7.72. The van der Waals surface area contributed by atoms with Crippen LogP contribution in [0.3, 0.4) is 0 Å². The molecule has 3 saturated heterocycles. The summed E-state index contributed by atoms with van der Waals surface area (Å²) in [7, 11) is 1.91. The second-order valence-electron chi connectivity index (χ2n) is 7.46. The molecule has 5 heteroatoms. The zero-order valence-corrected chi connectivity index (χ0v) is 15.0. The van der Waals surface area contributed by atoms with Crippen LogP contribution < -0.4 is 5.32 Å². The van der Waals surface area contributed by atoms with Gasteiger partial charge in [-0.25, -0.2) is 0 Å². The van der Waals surface area contributed by atoms with Gasteiger partial charge in [-0.3, -0.25) is 4.99 Å². The fourth-order valence-electron chi connectivity index (χ4n) is 4.30. The Morgan fingerprint density at radius 2 is 1.75 bits per heavy atom. The molecule has 1 aliphatic carbocycles. The Balaban J connectivity index is 0.00000121. The fraction of sp³-hybridized carbons (Fsp3) is 0.933. The van der Waals surface area contributed by atoms with Crippen molar-refractivity contribution in [2.75, 3.05) is 20.1 Å². The molecule has 0 spiro atoms. The van der Waals surface area contributed by atoms with Gasteiger partial charge in [0.05, 0.1) is 12.2 Å². The Labute approximate surface area is 138 Å². The van der Waals surface area contributed by atoms with Crippen molar-refractivity contribution in [1.82, 2.24) is 10.2 Å². The van der Waals surface area contributed by atoms with E-state index in [0.717, 1.165) is 30.9 Å². The van der Waals surface area contributed by atoms with Crippen molar-refractivity contribution in [3.8, 4) is 0 Å². The van der Waals surface area contributed by atoms with E-state index in [2.05, 4.69) is 29.1 Å². The van der Waals surface area contributed by atoms with Crippen molar-refractivity contribution in [3.63, 3.8) is 0 Å². The normalized spacial score (nSPS) is 44.2. The van der Waals surface area contributed by atoms with Crippen molar-refractivity contribution >= 4 is 29.9 Å². The summed E-state index contributed by atoms with van der Waals surface area (Å²) in [4.78, 5) is 6.97. The Hall–Kier alpha value is -0.0400. The highest BCUT2D eigenvalue weighted by atomic mass is 127. The highest BCUT2D eigenvalue weighted by Crippen LogP contribution is 2.48. The van der Waals surface area contributed by atoms with Gasteiger partial charge >= 0.3 is 0 Å². The molecule has 4 rings (SSSR count). The number of hydrogen-bond donors (Lipinski definition) is 1. The van der Waals surface area contributed by atoms with Gasteiger partial charge in [0.15, 0.2) is 5.96 Å². The minimum atomic E-state index is 0. The number of likely N-dealkylation sites (tertiary alicyclic amines) is 1. The summed E-state index contributed by atoms with van der Waals surface area (Å²) >= 11 is 0. The first-order valence-electron chi connectivity index (χ1n) is 7.72. The minimum Gasteiger partial charge on any atom is -0.374 e. The maximum absolute atomic E-state index is 6.04. The number of rotatable bonds is 1. The van der Waals surface area contributed by atoms with Crippen LogP contribution in [0.5, 0.6) is 0 Å². The van der Waals surface area contributed by atoms with E-state index in [4.69, 9.17) is 4.74 Å². The van der Waals surface area contributed by atoms with E-state index in [-0.39, 0.29) is 24.0 Å². The van der Waals surface area contributed by atoms with Crippen LogP contribution in [0.4, 0.5) is 0 Å². The third-order valence-electron chi connectivity index (χ3n) is 5.78. The van der Waals surface area contributed by atoms with Gasteiger partial charge in [0.1, 0.15) is 0 Å². The number of hydrogen-bond acceptors (Lipinski definition) is 2. The van der Waals surface area contributed by atoms with Crippen LogP contribution in [0.25, 0.3) is 0 Å². The zero-order chi connectivity index (χ0) is 13.2. The van der Waals surface area contributed by atoms with E-state index < -0.39 is 0 Å². The molecule has 1 saturated carbocycles. The molecule has 0 aromatic carbocycles. The molecular weight excluding hydrogens is 365 g/mol. The Morgan fingerprint density at radius 3 is 2.20 bits per heavy atom. The Kier molecular flexibility index (Phi) is 3.72. The van der Waals surface area contributed by atoms with Gasteiger partial charge in [0.25, 0.3) is 0 Å². The second-order valence-corrected chi connectivity index (χ2v) is 7.46. The molecule has 0 aromatic heterocycles. The van der Waals surface area contributed by atoms with E-state index in [9.17, 15) is 0 Å². The molecule has 0 radical (unpaired) electrons. The molecule has 4 nitrogen and oxygen atoms in total. The molecule has 4 aliphatic rings. The average molecular weight is 391 g/mol. The molecule has 0 amide bonds. The van der Waals surface area contributed by atoms with E-state index in [0.29, 0.717) is 23.7 Å². The molecule has 3 aliphatic heterocycles. The van der Waals surface area contributed by atoms with E-state index in [1.54, 1.807) is 0 Å². The van der Waals surface area contributed by atoms with Gasteiger partial charge < -0.3 is 15.0 Å². The summed E-state index contributed by atoms with van der Waals surface area (Å²) in [6, 6.07) is 0.611. The smallest absolute Gasteiger partial charge is 0.193 e. The van der Waals surface area contributed by atoms with Gasteiger partial charge in [-0.1, -0.05) is 13.8 Å². The van der Waals surface area contributed by atoms with Gasteiger partial charge in [0, 0.05) is 38.0 Å². The van der Waals surface area contributed by atoms with Crippen LogP contribution in [0.1, 0.15) is 33.1 Å². The summed E-state index contributed by atoms with van der Waals surface area (Å²) in [6.07, 6.45) is 4.90. The molecule has 4 fully saturated rings. The van der Waals surface area contributed by atoms with Crippen LogP contribution in [-0.4, -0.2) is 49.2 Å². The molecule has 3 heterocycles. The summed E-state index contributed by atoms with van der Waals surface area (Å²) in [6.45, 7) is 6.92. The molecule has 114 valence electrons. The molecule has 1 N–H and O–H groups in total. The topological polar surface area (TPSA) is 36.9 Å². The first kappa shape index (κ1) is 14.9. The largest absolute Gasteiger partial charge is 0.374 e. The molecule has 0 aromatic rings. The third kappa shape index (κ3) is 2.25. The summed E-state index contributed by atoms with van der Waals surface area (Å²) < 4.78 is 6.04. The number of nitrogens with one attached hydrogen (secondary N) is 1. The maximum atomic E-state index is 6.04. The predicted molar refractivity (Wildman–Crippen MR) is 90.5 cm³/mol. The quantitative estimate of drug-likeness (QED) is 0.423. The number of guanidine groups is 1. The number of ether oxygens (including phenoxy) is 1. The molecule has 5 atom stereocenters. The molecule has 5 unspecified atom stereocenters. The molecule has 2 bridgehead atoms. The fourth-order valence-corrected chi connectivity index (χ4v) is 4.30. The van der Waals surface area contributed by atoms with Crippen molar-refractivity contribution in [2.24, 2.45) is 22.2 Å².